The fourth-order valence-electron chi connectivity index (χ4n) is 2.18. The molecule has 0 bridgehead atoms. The summed E-state index contributed by atoms with van der Waals surface area (Å²) >= 11 is 3.08. The Morgan fingerprint density at radius 3 is 2.71 bits per heavy atom. The molecule has 0 aliphatic rings. The average molecular weight is 410 g/mol. The number of sulfonamides is 1. The first kappa shape index (κ1) is 16.8. The molecule has 1 aromatic heterocycles. The molecule has 2 aromatic carbocycles. The maximum Gasteiger partial charge on any atom is 0.241 e. The summed E-state index contributed by atoms with van der Waals surface area (Å²) in [5, 5.41) is 4.14. The van der Waals surface area contributed by atoms with Gasteiger partial charge in [-0.3, -0.25) is 0 Å². The molecular weight excluding hydrogens is 397 g/mol. The summed E-state index contributed by atoms with van der Waals surface area (Å²) in [5.74, 6) is -0.507. The van der Waals surface area contributed by atoms with Gasteiger partial charge in [0.15, 0.2) is 0 Å². The van der Waals surface area contributed by atoms with Gasteiger partial charge < -0.3 is 0 Å². The number of halogens is 2. The van der Waals surface area contributed by atoms with Crippen LogP contribution in [0.15, 0.2) is 70.3 Å². The molecule has 24 heavy (non-hydrogen) atoms. The quantitative estimate of drug-likeness (QED) is 0.703. The molecule has 124 valence electrons. The van der Waals surface area contributed by atoms with E-state index in [-0.39, 0.29) is 15.9 Å². The van der Waals surface area contributed by atoms with Crippen molar-refractivity contribution in [3.8, 4) is 5.69 Å². The monoisotopic (exact) mass is 409 g/mol. The average Bonchev–Trinajstić information content (AvgIpc) is 3.07. The van der Waals surface area contributed by atoms with Gasteiger partial charge in [0.25, 0.3) is 0 Å². The molecule has 0 unspecified atom stereocenters. The zero-order chi connectivity index (χ0) is 17.2. The number of hydrogen-bond acceptors (Lipinski definition) is 3. The third-order valence-electron chi connectivity index (χ3n) is 3.33. The largest absolute Gasteiger partial charge is 0.241 e. The fraction of sp³-hybridized carbons (Fsp3) is 0.0625. The van der Waals surface area contributed by atoms with Crippen molar-refractivity contribution in [1.82, 2.24) is 14.5 Å². The van der Waals surface area contributed by atoms with Gasteiger partial charge in [0, 0.05) is 23.4 Å². The third kappa shape index (κ3) is 3.72. The SMILES string of the molecule is O=S(=O)(NCc1cccc(-n2cccn2)c1)c1ccc(F)cc1Br. The number of nitrogens with one attached hydrogen (secondary N) is 1. The van der Waals surface area contributed by atoms with Gasteiger partial charge in [-0.2, -0.15) is 5.10 Å². The van der Waals surface area contributed by atoms with Crippen LogP contribution in [0.1, 0.15) is 5.56 Å². The van der Waals surface area contributed by atoms with Gasteiger partial charge in [-0.25, -0.2) is 22.2 Å². The Balaban J connectivity index is 1.79. The van der Waals surface area contributed by atoms with Gasteiger partial charge in [0.1, 0.15) is 5.82 Å². The topological polar surface area (TPSA) is 64.0 Å². The summed E-state index contributed by atoms with van der Waals surface area (Å²) in [5.41, 5.74) is 1.62. The minimum atomic E-state index is -3.76. The Kier molecular flexibility index (Phi) is 4.79. The first-order valence-corrected chi connectivity index (χ1v) is 9.27. The van der Waals surface area contributed by atoms with Crippen molar-refractivity contribution in [2.45, 2.75) is 11.4 Å². The lowest BCUT2D eigenvalue weighted by molar-refractivity contribution is 0.579. The van der Waals surface area contributed by atoms with Gasteiger partial charge in [-0.05, 0) is 57.9 Å². The van der Waals surface area contributed by atoms with Crippen molar-refractivity contribution < 1.29 is 12.8 Å². The van der Waals surface area contributed by atoms with Gasteiger partial charge in [-0.1, -0.05) is 12.1 Å². The molecule has 1 N–H and O–H groups in total. The highest BCUT2D eigenvalue weighted by atomic mass is 79.9. The van der Waals surface area contributed by atoms with E-state index in [9.17, 15) is 12.8 Å². The Morgan fingerprint density at radius 1 is 1.17 bits per heavy atom. The maximum absolute atomic E-state index is 13.1. The molecule has 0 spiro atoms. The van der Waals surface area contributed by atoms with Crippen molar-refractivity contribution in [2.75, 3.05) is 0 Å². The van der Waals surface area contributed by atoms with Crippen LogP contribution in [0.4, 0.5) is 4.39 Å². The second kappa shape index (κ2) is 6.84. The van der Waals surface area contributed by atoms with E-state index in [0.29, 0.717) is 0 Å². The van der Waals surface area contributed by atoms with Crippen LogP contribution < -0.4 is 4.72 Å². The normalized spacial score (nSPS) is 11.6. The highest BCUT2D eigenvalue weighted by Crippen LogP contribution is 2.23. The predicted molar refractivity (Wildman–Crippen MR) is 91.7 cm³/mol. The lowest BCUT2D eigenvalue weighted by Crippen LogP contribution is -2.23. The number of nitrogens with zero attached hydrogens (tertiary/aromatic N) is 2. The Hall–Kier alpha value is -2.03. The highest BCUT2D eigenvalue weighted by Gasteiger charge is 2.17. The summed E-state index contributed by atoms with van der Waals surface area (Å²) in [6.07, 6.45) is 3.47. The number of hydrogen-bond donors (Lipinski definition) is 1. The van der Waals surface area contributed by atoms with Crippen molar-refractivity contribution in [1.29, 1.82) is 0 Å². The molecule has 0 saturated carbocycles. The summed E-state index contributed by atoms with van der Waals surface area (Å²) in [6, 6.07) is 12.6. The Bertz CT molecular complexity index is 959. The standard InChI is InChI=1S/C16H13BrFN3O2S/c17-15-10-13(18)5-6-16(15)24(22,23)20-11-12-3-1-4-14(9-12)21-8-2-7-19-21/h1-10,20H,11H2. The predicted octanol–water partition coefficient (Wildman–Crippen LogP) is 3.25. The van der Waals surface area contributed by atoms with Gasteiger partial charge >= 0.3 is 0 Å². The van der Waals surface area contributed by atoms with Crippen LogP contribution in [0, 0.1) is 5.82 Å². The molecule has 3 aromatic rings. The van der Waals surface area contributed by atoms with E-state index in [1.165, 1.54) is 6.07 Å². The summed E-state index contributed by atoms with van der Waals surface area (Å²) in [6.45, 7) is 0.112. The molecule has 3 rings (SSSR count). The van der Waals surface area contributed by atoms with Gasteiger partial charge in [-0.15, -0.1) is 0 Å². The molecule has 1 heterocycles. The number of rotatable bonds is 5. The number of aromatic nitrogens is 2. The van der Waals surface area contributed by atoms with E-state index < -0.39 is 15.8 Å². The van der Waals surface area contributed by atoms with E-state index in [0.717, 1.165) is 23.4 Å². The van der Waals surface area contributed by atoms with Crippen molar-refractivity contribution in [3.63, 3.8) is 0 Å². The lowest BCUT2D eigenvalue weighted by atomic mass is 10.2. The zero-order valence-corrected chi connectivity index (χ0v) is 14.8. The third-order valence-corrected chi connectivity index (χ3v) is 5.71. The van der Waals surface area contributed by atoms with E-state index in [4.69, 9.17) is 0 Å². The summed E-state index contributed by atoms with van der Waals surface area (Å²) in [7, 11) is -3.76. The zero-order valence-electron chi connectivity index (χ0n) is 12.4. The molecule has 0 radical (unpaired) electrons. The maximum atomic E-state index is 13.1. The van der Waals surface area contributed by atoms with E-state index in [1.54, 1.807) is 23.1 Å². The summed E-state index contributed by atoms with van der Waals surface area (Å²) in [4.78, 5) is -0.00729. The first-order chi connectivity index (χ1) is 11.5. The molecule has 0 amide bonds. The smallest absolute Gasteiger partial charge is 0.241 e. The van der Waals surface area contributed by atoms with Crippen LogP contribution in [0.3, 0.4) is 0 Å². The van der Waals surface area contributed by atoms with Crippen molar-refractivity contribution in [2.24, 2.45) is 0 Å². The van der Waals surface area contributed by atoms with Gasteiger partial charge in [0.2, 0.25) is 10.0 Å². The van der Waals surface area contributed by atoms with Crippen LogP contribution in [-0.2, 0) is 16.6 Å². The van der Waals surface area contributed by atoms with Crippen LogP contribution in [-0.4, -0.2) is 18.2 Å². The van der Waals surface area contributed by atoms with Crippen LogP contribution in [0.2, 0.25) is 0 Å². The molecular formula is C16H13BrFN3O2S. The van der Waals surface area contributed by atoms with Crippen molar-refractivity contribution >= 4 is 26.0 Å². The van der Waals surface area contributed by atoms with Crippen LogP contribution >= 0.6 is 15.9 Å². The Labute approximate surface area is 147 Å². The Morgan fingerprint density at radius 2 is 2.00 bits per heavy atom. The van der Waals surface area contributed by atoms with E-state index in [1.807, 2.05) is 24.3 Å². The number of benzene rings is 2. The molecule has 0 aliphatic carbocycles. The van der Waals surface area contributed by atoms with Crippen LogP contribution in [0.5, 0.6) is 0 Å². The second-order valence-corrected chi connectivity index (χ2v) is 7.61. The fourth-order valence-corrected chi connectivity index (χ4v) is 4.24. The van der Waals surface area contributed by atoms with Gasteiger partial charge in [0.05, 0.1) is 10.6 Å². The van der Waals surface area contributed by atoms with Crippen LogP contribution in [0.25, 0.3) is 5.69 Å². The van der Waals surface area contributed by atoms with Crippen molar-refractivity contribution in [3.05, 3.63) is 76.8 Å². The highest BCUT2D eigenvalue weighted by molar-refractivity contribution is 9.10. The second-order valence-electron chi connectivity index (χ2n) is 5.02. The van der Waals surface area contributed by atoms with E-state index >= 15 is 0 Å². The summed E-state index contributed by atoms with van der Waals surface area (Å²) < 4.78 is 42.2. The molecule has 8 heteroatoms. The molecule has 0 aliphatic heterocycles. The lowest BCUT2D eigenvalue weighted by Gasteiger charge is -2.10. The molecule has 0 atom stereocenters. The first-order valence-electron chi connectivity index (χ1n) is 6.99. The molecule has 0 fully saturated rings. The van der Waals surface area contributed by atoms with E-state index in [2.05, 4.69) is 25.8 Å². The minimum Gasteiger partial charge on any atom is -0.241 e. The molecule has 5 nitrogen and oxygen atoms in total. The minimum absolute atomic E-state index is 0.00729. The molecule has 0 saturated heterocycles.